The number of rotatable bonds is 4. The third-order valence-corrected chi connectivity index (χ3v) is 5.80. The molecule has 3 rings (SSSR count). The zero-order valence-electron chi connectivity index (χ0n) is 16.6. The maximum absolute atomic E-state index is 13.6. The second-order valence-corrected chi connectivity index (χ2v) is 8.14. The molecular weight excluding hydrogens is 432 g/mol. The molecule has 0 saturated carbocycles. The fraction of sp³-hybridized carbons (Fsp3) is 0.333. The SMILES string of the molecule is Cc1cc(F)ccc1N1CCN(C(=O)O)CC1C(=O)N(C)Cc1cc(Cl)ccc1Cl. The van der Waals surface area contributed by atoms with E-state index in [0.717, 1.165) is 0 Å². The number of carbonyl (C=O) groups excluding carboxylic acids is 1. The van der Waals surface area contributed by atoms with E-state index in [1.54, 1.807) is 38.2 Å². The van der Waals surface area contributed by atoms with Crippen molar-refractivity contribution >= 4 is 40.9 Å². The second-order valence-electron chi connectivity index (χ2n) is 7.30. The Kier molecular flexibility index (Phi) is 6.73. The molecule has 0 spiro atoms. The minimum absolute atomic E-state index is 0.0125. The predicted octanol–water partition coefficient (Wildman–Crippen LogP) is 4.27. The molecule has 2 aromatic carbocycles. The van der Waals surface area contributed by atoms with Crippen LogP contribution in [-0.4, -0.2) is 59.6 Å². The Morgan fingerprint density at radius 3 is 2.60 bits per heavy atom. The number of carboxylic acid groups (broad SMARTS) is 1. The number of hydrogen-bond acceptors (Lipinski definition) is 3. The van der Waals surface area contributed by atoms with Gasteiger partial charge in [-0.05, 0) is 54.4 Å². The van der Waals surface area contributed by atoms with Crippen molar-refractivity contribution in [2.75, 3.05) is 31.6 Å². The molecule has 6 nitrogen and oxygen atoms in total. The molecule has 160 valence electrons. The van der Waals surface area contributed by atoms with Crippen LogP contribution in [0.25, 0.3) is 0 Å². The average Bonchev–Trinajstić information content (AvgIpc) is 2.69. The number of carbonyl (C=O) groups is 2. The van der Waals surface area contributed by atoms with Crippen molar-refractivity contribution < 1.29 is 19.1 Å². The Hall–Kier alpha value is -2.51. The van der Waals surface area contributed by atoms with Crippen molar-refractivity contribution in [2.45, 2.75) is 19.5 Å². The molecule has 1 aliphatic heterocycles. The summed E-state index contributed by atoms with van der Waals surface area (Å²) in [7, 11) is 1.63. The monoisotopic (exact) mass is 453 g/mol. The molecule has 1 N–H and O–H groups in total. The van der Waals surface area contributed by atoms with Crippen LogP contribution in [0, 0.1) is 12.7 Å². The van der Waals surface area contributed by atoms with Crippen LogP contribution >= 0.6 is 23.2 Å². The van der Waals surface area contributed by atoms with Gasteiger partial charge in [0.25, 0.3) is 0 Å². The maximum atomic E-state index is 13.6. The molecule has 0 aliphatic carbocycles. The summed E-state index contributed by atoms with van der Waals surface area (Å²) >= 11 is 12.3. The number of likely N-dealkylation sites (N-methyl/N-ethyl adjacent to an activating group) is 1. The van der Waals surface area contributed by atoms with Gasteiger partial charge in [0.2, 0.25) is 5.91 Å². The first-order valence-electron chi connectivity index (χ1n) is 9.37. The first-order chi connectivity index (χ1) is 14.2. The number of hydrogen-bond donors (Lipinski definition) is 1. The summed E-state index contributed by atoms with van der Waals surface area (Å²) in [5.41, 5.74) is 2.07. The average molecular weight is 454 g/mol. The van der Waals surface area contributed by atoms with Crippen LogP contribution in [0.15, 0.2) is 36.4 Å². The van der Waals surface area contributed by atoms with Crippen LogP contribution in [0.5, 0.6) is 0 Å². The molecule has 9 heteroatoms. The van der Waals surface area contributed by atoms with Crippen molar-refractivity contribution in [3.8, 4) is 0 Å². The smallest absolute Gasteiger partial charge is 0.407 e. The van der Waals surface area contributed by atoms with E-state index in [0.29, 0.717) is 33.4 Å². The molecule has 0 aromatic heterocycles. The van der Waals surface area contributed by atoms with Gasteiger partial charge in [0.1, 0.15) is 11.9 Å². The highest BCUT2D eigenvalue weighted by atomic mass is 35.5. The minimum atomic E-state index is -1.08. The van der Waals surface area contributed by atoms with Crippen molar-refractivity contribution in [1.82, 2.24) is 9.80 Å². The van der Waals surface area contributed by atoms with Gasteiger partial charge in [0.15, 0.2) is 0 Å². The van der Waals surface area contributed by atoms with Gasteiger partial charge in [-0.2, -0.15) is 0 Å². The van der Waals surface area contributed by atoms with Gasteiger partial charge in [-0.1, -0.05) is 23.2 Å². The van der Waals surface area contributed by atoms with Gasteiger partial charge in [0.05, 0.1) is 6.54 Å². The highest BCUT2D eigenvalue weighted by molar-refractivity contribution is 6.33. The lowest BCUT2D eigenvalue weighted by atomic mass is 10.1. The molecule has 1 aliphatic rings. The van der Waals surface area contributed by atoms with E-state index in [2.05, 4.69) is 0 Å². The Morgan fingerprint density at radius 2 is 1.93 bits per heavy atom. The maximum Gasteiger partial charge on any atom is 0.407 e. The quantitative estimate of drug-likeness (QED) is 0.750. The van der Waals surface area contributed by atoms with Gasteiger partial charge < -0.3 is 19.8 Å². The number of halogens is 3. The molecular formula is C21H22Cl2FN3O3. The van der Waals surface area contributed by atoms with E-state index < -0.39 is 12.1 Å². The van der Waals surface area contributed by atoms with E-state index in [9.17, 15) is 19.1 Å². The Bertz CT molecular complexity index is 973. The van der Waals surface area contributed by atoms with E-state index >= 15 is 0 Å². The number of amides is 2. The van der Waals surface area contributed by atoms with Crippen LogP contribution in [0.2, 0.25) is 10.0 Å². The molecule has 0 radical (unpaired) electrons. The van der Waals surface area contributed by atoms with Gasteiger partial charge in [-0.3, -0.25) is 4.79 Å². The standard InChI is InChI=1S/C21H22Cl2FN3O3/c1-13-9-16(24)4-6-18(13)27-8-7-26(21(29)30)12-19(27)20(28)25(2)11-14-10-15(22)3-5-17(14)23/h3-6,9-10,19H,7-8,11-12H2,1-2H3,(H,29,30). The highest BCUT2D eigenvalue weighted by Gasteiger charge is 2.36. The lowest BCUT2D eigenvalue weighted by Crippen LogP contribution is -2.60. The van der Waals surface area contributed by atoms with Gasteiger partial charge >= 0.3 is 6.09 Å². The molecule has 1 saturated heterocycles. The number of nitrogens with zero attached hydrogens (tertiary/aromatic N) is 3. The van der Waals surface area contributed by atoms with Gasteiger partial charge in [-0.15, -0.1) is 0 Å². The van der Waals surface area contributed by atoms with Crippen molar-refractivity contribution in [2.24, 2.45) is 0 Å². The van der Waals surface area contributed by atoms with Crippen LogP contribution in [0.4, 0.5) is 14.9 Å². The molecule has 1 fully saturated rings. The summed E-state index contributed by atoms with van der Waals surface area (Å²) in [5, 5.41) is 10.4. The summed E-state index contributed by atoms with van der Waals surface area (Å²) in [6, 6.07) is 8.63. The Morgan fingerprint density at radius 1 is 1.20 bits per heavy atom. The van der Waals surface area contributed by atoms with Crippen LogP contribution in [0.3, 0.4) is 0 Å². The topological polar surface area (TPSA) is 64.1 Å². The molecule has 2 aromatic rings. The molecule has 1 heterocycles. The third kappa shape index (κ3) is 4.79. The van der Waals surface area contributed by atoms with Crippen LogP contribution in [0.1, 0.15) is 11.1 Å². The van der Waals surface area contributed by atoms with Crippen molar-refractivity contribution in [1.29, 1.82) is 0 Å². The molecule has 30 heavy (non-hydrogen) atoms. The number of piperazine rings is 1. The number of benzene rings is 2. The second kappa shape index (κ2) is 9.10. The zero-order valence-corrected chi connectivity index (χ0v) is 18.1. The summed E-state index contributed by atoms with van der Waals surface area (Å²) in [6.45, 7) is 2.57. The zero-order chi connectivity index (χ0) is 22.0. The fourth-order valence-electron chi connectivity index (χ4n) is 3.65. The number of aryl methyl sites for hydroxylation is 1. The highest BCUT2D eigenvalue weighted by Crippen LogP contribution is 2.27. The lowest BCUT2D eigenvalue weighted by Gasteiger charge is -2.42. The largest absolute Gasteiger partial charge is 0.465 e. The molecule has 2 amide bonds. The van der Waals surface area contributed by atoms with E-state index in [-0.39, 0.29) is 31.4 Å². The third-order valence-electron chi connectivity index (χ3n) is 5.20. The fourth-order valence-corrected chi connectivity index (χ4v) is 4.02. The summed E-state index contributed by atoms with van der Waals surface area (Å²) < 4.78 is 13.6. The lowest BCUT2D eigenvalue weighted by molar-refractivity contribution is -0.132. The summed E-state index contributed by atoms with van der Waals surface area (Å²) in [5.74, 6) is -0.628. The van der Waals surface area contributed by atoms with E-state index in [1.807, 2.05) is 4.90 Å². The van der Waals surface area contributed by atoms with Crippen molar-refractivity contribution in [3.05, 3.63) is 63.4 Å². The summed E-state index contributed by atoms with van der Waals surface area (Å²) in [4.78, 5) is 29.4. The van der Waals surface area contributed by atoms with E-state index in [4.69, 9.17) is 23.2 Å². The Labute approximate surface area is 184 Å². The van der Waals surface area contributed by atoms with Gasteiger partial charge in [0, 0.05) is 42.4 Å². The first-order valence-corrected chi connectivity index (χ1v) is 10.1. The normalized spacial score (nSPS) is 16.5. The Balaban J connectivity index is 1.88. The molecule has 1 unspecified atom stereocenters. The summed E-state index contributed by atoms with van der Waals surface area (Å²) in [6.07, 6.45) is -1.08. The van der Waals surface area contributed by atoms with Crippen LogP contribution in [-0.2, 0) is 11.3 Å². The van der Waals surface area contributed by atoms with Gasteiger partial charge in [-0.25, -0.2) is 9.18 Å². The minimum Gasteiger partial charge on any atom is -0.465 e. The predicted molar refractivity (Wildman–Crippen MR) is 115 cm³/mol. The van der Waals surface area contributed by atoms with E-state index in [1.165, 1.54) is 21.9 Å². The molecule has 0 bridgehead atoms. The first kappa shape index (κ1) is 22.2. The number of anilines is 1. The van der Waals surface area contributed by atoms with Crippen molar-refractivity contribution in [3.63, 3.8) is 0 Å². The van der Waals surface area contributed by atoms with Crippen LogP contribution < -0.4 is 4.90 Å². The molecule has 1 atom stereocenters.